The largest absolute Gasteiger partial charge is 0.383 e. The molecule has 1 aliphatic rings. The van der Waals surface area contributed by atoms with Crippen molar-refractivity contribution in [3.05, 3.63) is 32.7 Å². The smallest absolute Gasteiger partial charge is 0.332 e. The van der Waals surface area contributed by atoms with Crippen molar-refractivity contribution in [1.29, 1.82) is 0 Å². The van der Waals surface area contributed by atoms with Crippen molar-refractivity contribution in [1.82, 2.24) is 23.1 Å². The van der Waals surface area contributed by atoms with Crippen LogP contribution >= 0.6 is 0 Å². The van der Waals surface area contributed by atoms with Crippen molar-refractivity contribution in [3.8, 4) is 0 Å². The quantitative estimate of drug-likeness (QED) is 0.673. The molecule has 29 heavy (non-hydrogen) atoms. The first kappa shape index (κ1) is 19.9. The number of hydrogen-bond donors (Lipinski definition) is 0. The lowest BCUT2D eigenvalue weighted by molar-refractivity contribution is 0.138. The third-order valence-electron chi connectivity index (χ3n) is 6.32. The number of ether oxygens (including phenoxy) is 1. The minimum absolute atomic E-state index is 0.221. The molecular weight excluding hydrogens is 370 g/mol. The van der Waals surface area contributed by atoms with E-state index in [0.717, 1.165) is 24.3 Å². The molecule has 0 N–H and O–H groups in total. The molecule has 1 fully saturated rings. The molecule has 0 spiro atoms. The van der Waals surface area contributed by atoms with Gasteiger partial charge in [-0.15, -0.1) is 0 Å². The molecule has 2 atom stereocenters. The van der Waals surface area contributed by atoms with E-state index >= 15 is 0 Å². The lowest BCUT2D eigenvalue weighted by atomic mass is 9.70. The molecule has 0 radical (unpaired) electrons. The highest BCUT2D eigenvalue weighted by molar-refractivity contribution is 5.75. The van der Waals surface area contributed by atoms with E-state index in [0.29, 0.717) is 29.7 Å². The second kappa shape index (κ2) is 6.86. The summed E-state index contributed by atoms with van der Waals surface area (Å²) < 4.78 is 11.9. The Balaban J connectivity index is 1.96. The van der Waals surface area contributed by atoms with E-state index in [2.05, 4.69) is 32.3 Å². The minimum atomic E-state index is -0.365. The third kappa shape index (κ3) is 3.13. The summed E-state index contributed by atoms with van der Waals surface area (Å²) in [5.74, 6) is 1.37. The molecule has 4 rings (SSSR count). The van der Waals surface area contributed by atoms with Crippen molar-refractivity contribution >= 4 is 16.9 Å². The zero-order valence-electron chi connectivity index (χ0n) is 18.2. The molecule has 0 aromatic carbocycles. The molecule has 8 heteroatoms. The Morgan fingerprint density at radius 3 is 2.66 bits per heavy atom. The van der Waals surface area contributed by atoms with Crippen LogP contribution < -0.4 is 11.2 Å². The van der Waals surface area contributed by atoms with E-state index in [9.17, 15) is 9.59 Å². The van der Waals surface area contributed by atoms with Gasteiger partial charge in [0.1, 0.15) is 0 Å². The van der Waals surface area contributed by atoms with Gasteiger partial charge in [0.2, 0.25) is 5.78 Å². The van der Waals surface area contributed by atoms with E-state index in [4.69, 9.17) is 9.72 Å². The van der Waals surface area contributed by atoms with Crippen LogP contribution in [0.3, 0.4) is 0 Å². The summed E-state index contributed by atoms with van der Waals surface area (Å²) in [6.07, 6.45) is 5.36. The molecule has 1 aliphatic carbocycles. The lowest BCUT2D eigenvalue weighted by Gasteiger charge is -2.39. The van der Waals surface area contributed by atoms with Gasteiger partial charge in [-0.25, -0.2) is 4.79 Å². The fourth-order valence-corrected chi connectivity index (χ4v) is 5.35. The molecule has 2 unspecified atom stereocenters. The highest BCUT2D eigenvalue weighted by Crippen LogP contribution is 2.44. The Hall–Kier alpha value is -2.35. The van der Waals surface area contributed by atoms with Crippen LogP contribution in [0.25, 0.3) is 16.9 Å². The first-order valence-corrected chi connectivity index (χ1v) is 10.3. The lowest BCUT2D eigenvalue weighted by Crippen LogP contribution is -2.40. The number of fused-ring (bicyclic) bond motifs is 3. The zero-order valence-corrected chi connectivity index (χ0v) is 18.2. The Labute approximate surface area is 169 Å². The van der Waals surface area contributed by atoms with Crippen molar-refractivity contribution in [2.24, 2.45) is 18.4 Å². The van der Waals surface area contributed by atoms with Gasteiger partial charge in [0.15, 0.2) is 11.2 Å². The molecule has 0 saturated heterocycles. The average Bonchev–Trinajstić information content (AvgIpc) is 3.12. The number of aromatic nitrogens is 5. The van der Waals surface area contributed by atoms with Crippen LogP contribution in [0.2, 0.25) is 0 Å². The molecular formula is C21H31N5O3. The van der Waals surface area contributed by atoms with Crippen molar-refractivity contribution in [2.75, 3.05) is 13.7 Å². The van der Waals surface area contributed by atoms with E-state index < -0.39 is 0 Å². The van der Waals surface area contributed by atoms with E-state index in [1.807, 2.05) is 10.6 Å². The predicted octanol–water partition coefficient (Wildman–Crippen LogP) is 2.49. The molecule has 3 aromatic rings. The number of imidazole rings is 2. The van der Waals surface area contributed by atoms with Crippen LogP contribution in [0.5, 0.6) is 0 Å². The number of rotatable bonds is 4. The number of methoxy groups -OCH3 is 1. The van der Waals surface area contributed by atoms with Crippen molar-refractivity contribution < 1.29 is 4.74 Å². The van der Waals surface area contributed by atoms with Crippen molar-refractivity contribution in [3.63, 3.8) is 0 Å². The number of nitrogens with zero attached hydrogens (tertiary/aromatic N) is 5. The van der Waals surface area contributed by atoms with Crippen LogP contribution in [-0.4, -0.2) is 36.8 Å². The summed E-state index contributed by atoms with van der Waals surface area (Å²) in [5, 5.41) is 0. The molecule has 3 aromatic heterocycles. The summed E-state index contributed by atoms with van der Waals surface area (Å²) in [7, 11) is 3.23. The highest BCUT2D eigenvalue weighted by Gasteiger charge is 2.34. The van der Waals surface area contributed by atoms with Crippen LogP contribution in [0.4, 0.5) is 0 Å². The van der Waals surface area contributed by atoms with Crippen LogP contribution in [0.15, 0.2) is 15.8 Å². The van der Waals surface area contributed by atoms with Gasteiger partial charge < -0.3 is 9.30 Å². The van der Waals surface area contributed by atoms with Gasteiger partial charge >= 0.3 is 5.69 Å². The summed E-state index contributed by atoms with van der Waals surface area (Å²) in [4.78, 5) is 30.6. The van der Waals surface area contributed by atoms with Gasteiger partial charge in [-0.05, 0) is 37.5 Å². The van der Waals surface area contributed by atoms with Crippen LogP contribution in [-0.2, 0) is 18.3 Å². The summed E-state index contributed by atoms with van der Waals surface area (Å²) >= 11 is 0. The standard InChI is InChI=1S/C21H31N5O3/c1-13-9-15(11-21(3,4)10-13)26-14(2)12-25-16-17(22-19(25)26)23(5)20(28)24(18(16)27)7-8-29-6/h12-13,15H,7-11H2,1-6H3. The molecule has 0 amide bonds. The van der Waals surface area contributed by atoms with Gasteiger partial charge in [-0.1, -0.05) is 20.8 Å². The summed E-state index contributed by atoms with van der Waals surface area (Å²) in [6.45, 7) is 9.55. The minimum Gasteiger partial charge on any atom is -0.383 e. The summed E-state index contributed by atoms with van der Waals surface area (Å²) in [5.41, 5.74) is 1.55. The average molecular weight is 402 g/mol. The highest BCUT2D eigenvalue weighted by atomic mass is 16.5. The van der Waals surface area contributed by atoms with Gasteiger partial charge in [0.25, 0.3) is 5.56 Å². The SMILES string of the molecule is COCCn1c(=O)c2c(nc3n(C4CC(C)CC(C)(C)C4)c(C)cn23)n(C)c1=O. The maximum absolute atomic E-state index is 13.2. The predicted molar refractivity (Wildman–Crippen MR) is 113 cm³/mol. The monoisotopic (exact) mass is 401 g/mol. The second-order valence-corrected chi connectivity index (χ2v) is 9.45. The first-order chi connectivity index (χ1) is 13.6. The summed E-state index contributed by atoms with van der Waals surface area (Å²) in [6, 6.07) is 0.329. The Morgan fingerprint density at radius 1 is 1.28 bits per heavy atom. The molecule has 8 nitrogen and oxygen atoms in total. The Morgan fingerprint density at radius 2 is 2.00 bits per heavy atom. The fourth-order valence-electron chi connectivity index (χ4n) is 5.35. The Bertz CT molecular complexity index is 1190. The number of aryl methyl sites for hydroxylation is 2. The van der Waals surface area contributed by atoms with Gasteiger partial charge in [-0.3, -0.25) is 18.3 Å². The molecule has 3 heterocycles. The van der Waals surface area contributed by atoms with Gasteiger partial charge in [0.05, 0.1) is 13.2 Å². The molecule has 1 saturated carbocycles. The van der Waals surface area contributed by atoms with E-state index in [1.165, 1.54) is 15.6 Å². The maximum Gasteiger partial charge on any atom is 0.332 e. The van der Waals surface area contributed by atoms with E-state index in [1.54, 1.807) is 14.2 Å². The zero-order chi connectivity index (χ0) is 21.1. The third-order valence-corrected chi connectivity index (χ3v) is 6.32. The van der Waals surface area contributed by atoms with Crippen LogP contribution in [0.1, 0.15) is 51.8 Å². The van der Waals surface area contributed by atoms with Crippen LogP contribution in [0, 0.1) is 18.3 Å². The fraction of sp³-hybridized carbons (Fsp3) is 0.667. The molecule has 0 aliphatic heterocycles. The second-order valence-electron chi connectivity index (χ2n) is 9.45. The normalized spacial score (nSPS) is 22.0. The molecule has 158 valence electrons. The molecule has 0 bridgehead atoms. The topological polar surface area (TPSA) is 75.5 Å². The van der Waals surface area contributed by atoms with Crippen molar-refractivity contribution in [2.45, 2.75) is 59.5 Å². The van der Waals surface area contributed by atoms with Gasteiger partial charge in [-0.2, -0.15) is 4.98 Å². The van der Waals surface area contributed by atoms with Gasteiger partial charge in [0, 0.05) is 32.1 Å². The first-order valence-electron chi connectivity index (χ1n) is 10.3. The Kier molecular flexibility index (Phi) is 4.72. The number of hydrogen-bond acceptors (Lipinski definition) is 4. The van der Waals surface area contributed by atoms with E-state index in [-0.39, 0.29) is 23.2 Å². The maximum atomic E-state index is 13.2.